The van der Waals surface area contributed by atoms with Crippen molar-refractivity contribution in [3.05, 3.63) is 0 Å². The number of carbonyl (C=O) groups excluding carboxylic acids is 1. The quantitative estimate of drug-likeness (QED) is 0.325. The first kappa shape index (κ1) is 17.1. The molecule has 1 rings (SSSR count). The summed E-state index contributed by atoms with van der Waals surface area (Å²) in [4.78, 5) is 15.2. The van der Waals surface area contributed by atoms with E-state index in [1.54, 1.807) is 7.05 Å². The van der Waals surface area contributed by atoms with E-state index in [1.165, 1.54) is 25.7 Å². The minimum absolute atomic E-state index is 0.140. The highest BCUT2D eigenvalue weighted by Gasteiger charge is 2.29. The van der Waals surface area contributed by atoms with Crippen molar-refractivity contribution in [1.82, 2.24) is 10.6 Å². The summed E-state index contributed by atoms with van der Waals surface area (Å²) in [5.74, 6) is 1.97. The van der Waals surface area contributed by atoms with E-state index < -0.39 is 0 Å². The Kier molecular flexibility index (Phi) is 7.80. The van der Waals surface area contributed by atoms with Crippen molar-refractivity contribution in [3.63, 3.8) is 0 Å². The second-order valence-corrected chi connectivity index (χ2v) is 6.97. The third-order valence-electron chi connectivity index (χ3n) is 3.48. The summed E-state index contributed by atoms with van der Waals surface area (Å²) in [5.41, 5.74) is 0. The molecule has 1 atom stereocenters. The van der Waals surface area contributed by atoms with Gasteiger partial charge in [-0.2, -0.15) is 11.8 Å². The maximum absolute atomic E-state index is 11.0. The number of esters is 1. The normalized spacial score (nSPS) is 22.6. The second-order valence-electron chi connectivity index (χ2n) is 5.29. The molecule has 1 aliphatic rings. The molecule has 1 unspecified atom stereocenters. The number of rotatable bonds is 7. The first-order chi connectivity index (χ1) is 9.59. The van der Waals surface area contributed by atoms with Crippen molar-refractivity contribution in [2.45, 2.75) is 43.8 Å². The van der Waals surface area contributed by atoms with Gasteiger partial charge in [0.2, 0.25) is 0 Å². The van der Waals surface area contributed by atoms with E-state index in [2.05, 4.69) is 27.3 Å². The molecule has 2 N–H and O–H groups in total. The number of methoxy groups -OCH3 is 1. The summed E-state index contributed by atoms with van der Waals surface area (Å²) in [7, 11) is 3.21. The molecule has 1 heterocycles. The average Bonchev–Trinajstić information content (AvgIpc) is 2.88. The highest BCUT2D eigenvalue weighted by molar-refractivity contribution is 8.00. The molecule has 20 heavy (non-hydrogen) atoms. The van der Waals surface area contributed by atoms with Crippen molar-refractivity contribution >= 4 is 23.7 Å². The zero-order valence-electron chi connectivity index (χ0n) is 12.8. The van der Waals surface area contributed by atoms with Crippen LogP contribution in [-0.2, 0) is 9.53 Å². The number of guanidine groups is 1. The molecule has 0 aliphatic carbocycles. The fraction of sp³-hybridized carbons (Fsp3) is 0.857. The van der Waals surface area contributed by atoms with Gasteiger partial charge in [0.1, 0.15) is 0 Å². The molecule has 0 radical (unpaired) electrons. The summed E-state index contributed by atoms with van der Waals surface area (Å²) < 4.78 is 4.94. The highest BCUT2D eigenvalue weighted by Crippen LogP contribution is 2.36. The molecule has 6 heteroatoms. The third-order valence-corrected chi connectivity index (χ3v) is 5.02. The predicted molar refractivity (Wildman–Crippen MR) is 85.3 cm³/mol. The van der Waals surface area contributed by atoms with E-state index in [0.29, 0.717) is 11.2 Å². The fourth-order valence-electron chi connectivity index (χ4n) is 2.17. The molecule has 0 aromatic rings. The molecular formula is C14H27N3O2S. The first-order valence-electron chi connectivity index (χ1n) is 7.25. The minimum atomic E-state index is -0.140. The van der Waals surface area contributed by atoms with Crippen LogP contribution in [0, 0.1) is 0 Å². The Hall–Kier alpha value is -0.910. The molecule has 116 valence electrons. The van der Waals surface area contributed by atoms with Crippen LogP contribution in [0.2, 0.25) is 0 Å². The van der Waals surface area contributed by atoms with Crippen LogP contribution in [0.1, 0.15) is 39.0 Å². The van der Waals surface area contributed by atoms with Crippen LogP contribution in [-0.4, -0.2) is 49.7 Å². The van der Waals surface area contributed by atoms with E-state index in [9.17, 15) is 4.79 Å². The third kappa shape index (κ3) is 6.50. The Labute approximate surface area is 126 Å². The lowest BCUT2D eigenvalue weighted by atomic mass is 10.1. The van der Waals surface area contributed by atoms with Gasteiger partial charge in [0.05, 0.1) is 7.11 Å². The van der Waals surface area contributed by atoms with Crippen LogP contribution in [0.3, 0.4) is 0 Å². The summed E-state index contributed by atoms with van der Waals surface area (Å²) in [6.07, 6.45) is 4.83. The fourth-order valence-corrected chi connectivity index (χ4v) is 3.42. The molecule has 1 fully saturated rings. The molecule has 1 aliphatic heterocycles. The van der Waals surface area contributed by atoms with Crippen molar-refractivity contribution < 1.29 is 9.53 Å². The van der Waals surface area contributed by atoms with Gasteiger partial charge in [0, 0.05) is 31.3 Å². The van der Waals surface area contributed by atoms with Crippen LogP contribution in [0.5, 0.6) is 0 Å². The molecular weight excluding hydrogens is 274 g/mol. The van der Waals surface area contributed by atoms with E-state index in [1.807, 2.05) is 11.8 Å². The van der Waals surface area contributed by atoms with Gasteiger partial charge < -0.3 is 15.4 Å². The van der Waals surface area contributed by atoms with Crippen molar-refractivity contribution in [2.24, 2.45) is 4.99 Å². The maximum atomic E-state index is 11.0. The number of ether oxygens (including phenoxy) is 1. The Bertz CT molecular complexity index is 328. The zero-order valence-corrected chi connectivity index (χ0v) is 13.6. The SMILES string of the molecule is CN=C(NCCCCC(=O)OC)NCC1(C)CCCS1. The summed E-state index contributed by atoms with van der Waals surface area (Å²) in [6.45, 7) is 4.07. The molecule has 0 aromatic carbocycles. The van der Waals surface area contributed by atoms with E-state index >= 15 is 0 Å². The van der Waals surface area contributed by atoms with Crippen molar-refractivity contribution in [1.29, 1.82) is 0 Å². The van der Waals surface area contributed by atoms with E-state index in [4.69, 9.17) is 0 Å². The van der Waals surface area contributed by atoms with E-state index in [-0.39, 0.29) is 5.97 Å². The van der Waals surface area contributed by atoms with Crippen LogP contribution in [0.15, 0.2) is 4.99 Å². The summed E-state index contributed by atoms with van der Waals surface area (Å²) in [5, 5.41) is 6.67. The molecule has 0 bridgehead atoms. The lowest BCUT2D eigenvalue weighted by Crippen LogP contribution is -2.43. The number of thioether (sulfide) groups is 1. The standard InChI is InChI=1S/C14H27N3O2S/c1-14(8-6-10-20-14)11-17-13(15-2)16-9-5-4-7-12(18)19-3/h4-11H2,1-3H3,(H2,15,16,17). The smallest absolute Gasteiger partial charge is 0.305 e. The van der Waals surface area contributed by atoms with Crippen LogP contribution in [0.25, 0.3) is 0 Å². The van der Waals surface area contributed by atoms with Crippen molar-refractivity contribution in [2.75, 3.05) is 33.0 Å². The highest BCUT2D eigenvalue weighted by atomic mass is 32.2. The van der Waals surface area contributed by atoms with Gasteiger partial charge in [-0.05, 0) is 38.4 Å². The topological polar surface area (TPSA) is 62.7 Å². The first-order valence-corrected chi connectivity index (χ1v) is 8.23. The lowest BCUT2D eigenvalue weighted by Gasteiger charge is -2.24. The second kappa shape index (κ2) is 9.10. The van der Waals surface area contributed by atoms with E-state index in [0.717, 1.165) is 31.9 Å². The molecule has 0 spiro atoms. The van der Waals surface area contributed by atoms with Gasteiger partial charge in [-0.25, -0.2) is 0 Å². The number of carbonyl (C=O) groups is 1. The van der Waals surface area contributed by atoms with Crippen molar-refractivity contribution in [3.8, 4) is 0 Å². The molecule has 0 saturated carbocycles. The summed E-state index contributed by atoms with van der Waals surface area (Å²) in [6, 6.07) is 0. The lowest BCUT2D eigenvalue weighted by molar-refractivity contribution is -0.140. The van der Waals surface area contributed by atoms with Gasteiger partial charge in [-0.1, -0.05) is 0 Å². The van der Waals surface area contributed by atoms with Crippen LogP contribution < -0.4 is 10.6 Å². The molecule has 1 saturated heterocycles. The zero-order chi connectivity index (χ0) is 14.8. The predicted octanol–water partition coefficient (Wildman–Crippen LogP) is 1.78. The number of nitrogens with zero attached hydrogens (tertiary/aromatic N) is 1. The number of aliphatic imine (C=N–C) groups is 1. The van der Waals surface area contributed by atoms with Gasteiger partial charge in [0.25, 0.3) is 0 Å². The minimum Gasteiger partial charge on any atom is -0.469 e. The van der Waals surface area contributed by atoms with Gasteiger partial charge in [0.15, 0.2) is 5.96 Å². The largest absolute Gasteiger partial charge is 0.469 e. The Morgan fingerprint density at radius 3 is 2.80 bits per heavy atom. The Morgan fingerprint density at radius 1 is 1.40 bits per heavy atom. The molecule has 0 aromatic heterocycles. The monoisotopic (exact) mass is 301 g/mol. The number of nitrogens with one attached hydrogen (secondary N) is 2. The van der Waals surface area contributed by atoms with Gasteiger partial charge in [-0.15, -0.1) is 0 Å². The average molecular weight is 301 g/mol. The molecule has 5 nitrogen and oxygen atoms in total. The number of hydrogen-bond donors (Lipinski definition) is 2. The van der Waals surface area contributed by atoms with Crippen LogP contribution in [0.4, 0.5) is 0 Å². The summed E-state index contributed by atoms with van der Waals surface area (Å²) >= 11 is 2.04. The van der Waals surface area contributed by atoms with Crippen LogP contribution >= 0.6 is 11.8 Å². The Morgan fingerprint density at radius 2 is 2.20 bits per heavy atom. The number of unbranched alkanes of at least 4 members (excludes halogenated alkanes) is 1. The maximum Gasteiger partial charge on any atom is 0.305 e. The molecule has 0 amide bonds. The Balaban J connectivity index is 2.12. The number of hydrogen-bond acceptors (Lipinski definition) is 4. The van der Waals surface area contributed by atoms with Gasteiger partial charge in [-0.3, -0.25) is 9.79 Å². The van der Waals surface area contributed by atoms with Gasteiger partial charge >= 0.3 is 5.97 Å².